The fourth-order valence-electron chi connectivity index (χ4n) is 2.01. The normalized spacial score (nSPS) is 17.2. The molecule has 102 valence electrons. The van der Waals surface area contributed by atoms with E-state index < -0.39 is 0 Å². The lowest BCUT2D eigenvalue weighted by Gasteiger charge is -2.37. The second-order valence-electron chi connectivity index (χ2n) is 6.05. The van der Waals surface area contributed by atoms with E-state index in [9.17, 15) is 0 Å². The molecule has 1 aromatic rings. The summed E-state index contributed by atoms with van der Waals surface area (Å²) < 4.78 is 5.34. The predicted molar refractivity (Wildman–Crippen MR) is 70.4 cm³/mol. The number of rotatable bonds is 5. The third-order valence-electron chi connectivity index (χ3n) is 3.24. The fraction of sp³-hybridized carbons (Fsp3) is 0.846. The molecule has 2 rings (SSSR count). The van der Waals surface area contributed by atoms with E-state index in [-0.39, 0.29) is 5.41 Å². The van der Waals surface area contributed by atoms with Crippen molar-refractivity contribution in [2.75, 3.05) is 19.6 Å². The maximum Gasteiger partial charge on any atom is 0.232 e. The van der Waals surface area contributed by atoms with Crippen LogP contribution in [0.25, 0.3) is 0 Å². The minimum absolute atomic E-state index is 0.0706. The largest absolute Gasteiger partial charge is 0.339 e. The van der Waals surface area contributed by atoms with Gasteiger partial charge in [-0.15, -0.1) is 0 Å². The zero-order valence-corrected chi connectivity index (χ0v) is 11.9. The summed E-state index contributed by atoms with van der Waals surface area (Å²) >= 11 is 0. The van der Waals surface area contributed by atoms with E-state index in [0.29, 0.717) is 6.04 Å². The summed E-state index contributed by atoms with van der Waals surface area (Å²) in [6.07, 6.45) is 1.15. The number of nitrogens with one attached hydrogen (secondary N) is 1. The number of hydrogen-bond donors (Lipinski definition) is 1. The van der Waals surface area contributed by atoms with Crippen LogP contribution >= 0.6 is 0 Å². The molecule has 0 unspecified atom stereocenters. The Hall–Kier alpha value is -0.940. The summed E-state index contributed by atoms with van der Waals surface area (Å²) in [7, 11) is 0. The van der Waals surface area contributed by atoms with Crippen LogP contribution in [0.3, 0.4) is 0 Å². The Kier molecular flexibility index (Phi) is 4.02. The summed E-state index contributed by atoms with van der Waals surface area (Å²) in [6, 6.07) is 0.626. The lowest BCUT2D eigenvalue weighted by atomic mass is 9.97. The van der Waals surface area contributed by atoms with Crippen LogP contribution in [0.15, 0.2) is 4.52 Å². The molecule has 0 radical (unpaired) electrons. The van der Waals surface area contributed by atoms with Gasteiger partial charge in [0, 0.05) is 24.5 Å². The molecule has 18 heavy (non-hydrogen) atoms. The summed E-state index contributed by atoms with van der Waals surface area (Å²) in [5.74, 6) is 1.53. The molecule has 1 saturated heterocycles. The zero-order valence-electron chi connectivity index (χ0n) is 11.9. The highest BCUT2D eigenvalue weighted by atomic mass is 16.5. The maximum absolute atomic E-state index is 5.34. The standard InChI is InChI=1S/C13H24N4O/c1-5-6-17(10-7-14-8-10)9-11-15-12(18-16-11)13(2,3)4/h10,14H,5-9H2,1-4H3. The van der Waals surface area contributed by atoms with Crippen LogP contribution in [-0.4, -0.2) is 40.7 Å². The molecular formula is C13H24N4O. The molecule has 0 atom stereocenters. The van der Waals surface area contributed by atoms with Gasteiger partial charge in [-0.2, -0.15) is 4.98 Å². The van der Waals surface area contributed by atoms with Crippen LogP contribution in [0.5, 0.6) is 0 Å². The highest BCUT2D eigenvalue weighted by Gasteiger charge is 2.27. The average molecular weight is 252 g/mol. The molecule has 0 amide bonds. The van der Waals surface area contributed by atoms with E-state index in [1.54, 1.807) is 0 Å². The van der Waals surface area contributed by atoms with E-state index >= 15 is 0 Å². The first-order valence-corrected chi connectivity index (χ1v) is 6.78. The van der Waals surface area contributed by atoms with E-state index in [0.717, 1.165) is 44.3 Å². The molecule has 5 heteroatoms. The molecule has 0 aliphatic carbocycles. The quantitative estimate of drug-likeness (QED) is 0.861. The molecular weight excluding hydrogens is 228 g/mol. The van der Waals surface area contributed by atoms with E-state index in [2.05, 4.69) is 48.1 Å². The van der Waals surface area contributed by atoms with Crippen molar-refractivity contribution in [1.82, 2.24) is 20.4 Å². The Morgan fingerprint density at radius 3 is 2.56 bits per heavy atom. The van der Waals surface area contributed by atoms with Gasteiger partial charge in [0.15, 0.2) is 5.82 Å². The van der Waals surface area contributed by atoms with Gasteiger partial charge in [-0.3, -0.25) is 4.90 Å². The smallest absolute Gasteiger partial charge is 0.232 e. The van der Waals surface area contributed by atoms with Gasteiger partial charge in [-0.25, -0.2) is 0 Å². The number of aromatic nitrogens is 2. The van der Waals surface area contributed by atoms with Crippen molar-refractivity contribution >= 4 is 0 Å². The van der Waals surface area contributed by atoms with Crippen LogP contribution in [0.1, 0.15) is 45.8 Å². The van der Waals surface area contributed by atoms with E-state index in [1.165, 1.54) is 0 Å². The highest BCUT2D eigenvalue weighted by Crippen LogP contribution is 2.20. The minimum Gasteiger partial charge on any atom is -0.339 e. The van der Waals surface area contributed by atoms with E-state index in [1.807, 2.05) is 0 Å². The highest BCUT2D eigenvalue weighted by molar-refractivity contribution is 4.99. The van der Waals surface area contributed by atoms with Crippen molar-refractivity contribution in [2.24, 2.45) is 0 Å². The Labute approximate surface area is 109 Å². The molecule has 0 aromatic carbocycles. The SMILES string of the molecule is CCCN(Cc1noc(C(C)(C)C)n1)C1CNC1. The maximum atomic E-state index is 5.34. The molecule has 0 saturated carbocycles. The molecule has 1 fully saturated rings. The molecule has 1 aliphatic heterocycles. The van der Waals surface area contributed by atoms with Crippen molar-refractivity contribution < 1.29 is 4.52 Å². The van der Waals surface area contributed by atoms with Crippen molar-refractivity contribution in [3.8, 4) is 0 Å². The van der Waals surface area contributed by atoms with Crippen LogP contribution in [0.4, 0.5) is 0 Å². The third-order valence-corrected chi connectivity index (χ3v) is 3.24. The van der Waals surface area contributed by atoms with Crippen molar-refractivity contribution in [2.45, 2.75) is 52.1 Å². The minimum atomic E-state index is -0.0706. The molecule has 1 aliphatic rings. The number of nitrogens with zero attached hydrogens (tertiary/aromatic N) is 3. The van der Waals surface area contributed by atoms with Crippen LogP contribution in [0.2, 0.25) is 0 Å². The molecule has 1 aromatic heterocycles. The Bertz CT molecular complexity index is 379. The summed E-state index contributed by atoms with van der Waals surface area (Å²) in [5.41, 5.74) is -0.0706. The first-order valence-electron chi connectivity index (χ1n) is 6.78. The second-order valence-corrected chi connectivity index (χ2v) is 6.05. The summed E-state index contributed by atoms with van der Waals surface area (Å²) in [5, 5.41) is 7.41. The average Bonchev–Trinajstić information content (AvgIpc) is 2.63. The lowest BCUT2D eigenvalue weighted by molar-refractivity contribution is 0.133. The topological polar surface area (TPSA) is 54.2 Å². The van der Waals surface area contributed by atoms with Crippen molar-refractivity contribution in [3.05, 3.63) is 11.7 Å². The van der Waals surface area contributed by atoms with Crippen molar-refractivity contribution in [1.29, 1.82) is 0 Å². The predicted octanol–water partition coefficient (Wildman–Crippen LogP) is 1.55. The van der Waals surface area contributed by atoms with Gasteiger partial charge in [0.05, 0.1) is 6.54 Å². The van der Waals surface area contributed by atoms with Gasteiger partial charge in [0.2, 0.25) is 5.89 Å². The van der Waals surface area contributed by atoms with Gasteiger partial charge in [0.1, 0.15) is 0 Å². The van der Waals surface area contributed by atoms with Gasteiger partial charge >= 0.3 is 0 Å². The molecule has 5 nitrogen and oxygen atoms in total. The monoisotopic (exact) mass is 252 g/mol. The molecule has 0 spiro atoms. The molecule has 1 N–H and O–H groups in total. The lowest BCUT2D eigenvalue weighted by Crippen LogP contribution is -2.57. The Balaban J connectivity index is 2.00. The van der Waals surface area contributed by atoms with Crippen LogP contribution in [-0.2, 0) is 12.0 Å². The van der Waals surface area contributed by atoms with Gasteiger partial charge in [0.25, 0.3) is 0 Å². The first-order chi connectivity index (χ1) is 8.50. The first kappa shape index (κ1) is 13.5. The van der Waals surface area contributed by atoms with E-state index in [4.69, 9.17) is 4.52 Å². The van der Waals surface area contributed by atoms with Gasteiger partial charge in [-0.1, -0.05) is 32.9 Å². The molecule has 0 bridgehead atoms. The van der Waals surface area contributed by atoms with Crippen LogP contribution in [0, 0.1) is 0 Å². The second kappa shape index (κ2) is 5.36. The third kappa shape index (κ3) is 3.09. The fourth-order valence-corrected chi connectivity index (χ4v) is 2.01. The molecule has 2 heterocycles. The van der Waals surface area contributed by atoms with Crippen LogP contribution < -0.4 is 5.32 Å². The Morgan fingerprint density at radius 1 is 1.39 bits per heavy atom. The summed E-state index contributed by atoms with van der Waals surface area (Å²) in [4.78, 5) is 6.94. The number of hydrogen-bond acceptors (Lipinski definition) is 5. The zero-order chi connectivity index (χ0) is 13.2. The van der Waals surface area contributed by atoms with Crippen molar-refractivity contribution in [3.63, 3.8) is 0 Å². The van der Waals surface area contributed by atoms with Gasteiger partial charge in [-0.05, 0) is 13.0 Å². The van der Waals surface area contributed by atoms with Gasteiger partial charge < -0.3 is 9.84 Å². The summed E-state index contributed by atoms with van der Waals surface area (Å²) in [6.45, 7) is 12.5. The Morgan fingerprint density at radius 2 is 2.11 bits per heavy atom.